The van der Waals surface area contributed by atoms with Crippen LogP contribution < -0.4 is 0 Å². The molecule has 0 spiro atoms. The molecule has 0 bridgehead atoms. The number of morpholine rings is 1. The van der Waals surface area contributed by atoms with Crippen molar-refractivity contribution in [3.05, 3.63) is 0 Å². The van der Waals surface area contributed by atoms with E-state index in [4.69, 9.17) is 9.47 Å². The zero-order valence-electron chi connectivity index (χ0n) is 12.4. The third-order valence-corrected chi connectivity index (χ3v) is 3.32. The summed E-state index contributed by atoms with van der Waals surface area (Å²) in [7, 11) is 1.31. The largest absolute Gasteiger partial charge is 0.469 e. The lowest BCUT2D eigenvalue weighted by atomic mass is 10.1. The molecule has 0 radical (unpaired) electrons. The molecule has 1 aliphatic heterocycles. The van der Waals surface area contributed by atoms with E-state index in [1.165, 1.54) is 7.11 Å². The molecule has 0 N–H and O–H groups in total. The molecule has 1 unspecified atom stereocenters. The van der Waals surface area contributed by atoms with Gasteiger partial charge in [0, 0.05) is 13.1 Å². The van der Waals surface area contributed by atoms with Crippen LogP contribution in [0.15, 0.2) is 0 Å². The van der Waals surface area contributed by atoms with Gasteiger partial charge in [-0.05, 0) is 19.4 Å². The lowest BCUT2D eigenvalue weighted by molar-refractivity contribution is -0.153. The molecule has 0 aromatic rings. The standard InChI is InChI=1S/C14H25NO5/c1-12(11-13(16)18-2)14(17)20-8-4-3-5-15-6-9-19-10-7-15/h12H,3-11H2,1-2H3. The van der Waals surface area contributed by atoms with Gasteiger partial charge in [0.05, 0.1) is 39.3 Å². The number of carbonyl (C=O) groups is 2. The van der Waals surface area contributed by atoms with Gasteiger partial charge in [0.15, 0.2) is 0 Å². The molecule has 0 saturated carbocycles. The Balaban J connectivity index is 2.02. The topological polar surface area (TPSA) is 65.1 Å². The second kappa shape index (κ2) is 9.72. The van der Waals surface area contributed by atoms with Crippen LogP contribution in [0, 0.1) is 5.92 Å². The Kier molecular flexibility index (Phi) is 8.22. The van der Waals surface area contributed by atoms with Crippen molar-refractivity contribution < 1.29 is 23.8 Å². The van der Waals surface area contributed by atoms with Crippen molar-refractivity contribution in [2.24, 2.45) is 5.92 Å². The van der Waals surface area contributed by atoms with Gasteiger partial charge in [0.1, 0.15) is 0 Å². The van der Waals surface area contributed by atoms with E-state index in [-0.39, 0.29) is 18.4 Å². The quantitative estimate of drug-likeness (QED) is 0.487. The monoisotopic (exact) mass is 287 g/mol. The van der Waals surface area contributed by atoms with Gasteiger partial charge in [-0.2, -0.15) is 0 Å². The number of carbonyl (C=O) groups excluding carboxylic acids is 2. The van der Waals surface area contributed by atoms with Crippen LogP contribution in [0.25, 0.3) is 0 Å². The van der Waals surface area contributed by atoms with Crippen molar-refractivity contribution in [2.45, 2.75) is 26.2 Å². The lowest BCUT2D eigenvalue weighted by Gasteiger charge is -2.26. The van der Waals surface area contributed by atoms with Crippen LogP contribution in [-0.4, -0.2) is 63.4 Å². The summed E-state index contributed by atoms with van der Waals surface area (Å²) in [5.41, 5.74) is 0. The number of hydrogen-bond donors (Lipinski definition) is 0. The Morgan fingerprint density at radius 2 is 1.95 bits per heavy atom. The highest BCUT2D eigenvalue weighted by Gasteiger charge is 2.18. The van der Waals surface area contributed by atoms with Crippen LogP contribution in [0.4, 0.5) is 0 Å². The van der Waals surface area contributed by atoms with E-state index in [0.717, 1.165) is 45.7 Å². The third-order valence-electron chi connectivity index (χ3n) is 3.32. The van der Waals surface area contributed by atoms with Crippen molar-refractivity contribution >= 4 is 11.9 Å². The number of hydrogen-bond acceptors (Lipinski definition) is 6. The number of nitrogens with zero attached hydrogens (tertiary/aromatic N) is 1. The Labute approximate surface area is 120 Å². The van der Waals surface area contributed by atoms with Crippen LogP contribution in [0.2, 0.25) is 0 Å². The van der Waals surface area contributed by atoms with Gasteiger partial charge in [-0.1, -0.05) is 6.92 Å². The molecule has 1 saturated heterocycles. The summed E-state index contributed by atoms with van der Waals surface area (Å²) >= 11 is 0. The Morgan fingerprint density at radius 1 is 1.25 bits per heavy atom. The van der Waals surface area contributed by atoms with Gasteiger partial charge < -0.3 is 14.2 Å². The van der Waals surface area contributed by atoms with Gasteiger partial charge in [0.25, 0.3) is 0 Å². The van der Waals surface area contributed by atoms with Gasteiger partial charge in [-0.15, -0.1) is 0 Å². The summed E-state index contributed by atoms with van der Waals surface area (Å²) in [5, 5.41) is 0. The van der Waals surface area contributed by atoms with Crippen molar-refractivity contribution in [1.29, 1.82) is 0 Å². The molecule has 0 aromatic carbocycles. The molecular weight excluding hydrogens is 262 g/mol. The van der Waals surface area contributed by atoms with E-state index < -0.39 is 5.92 Å². The average molecular weight is 287 g/mol. The highest BCUT2D eigenvalue weighted by atomic mass is 16.5. The van der Waals surface area contributed by atoms with Gasteiger partial charge >= 0.3 is 11.9 Å². The van der Waals surface area contributed by atoms with Crippen LogP contribution in [0.5, 0.6) is 0 Å². The maximum absolute atomic E-state index is 11.6. The third kappa shape index (κ3) is 6.86. The van der Waals surface area contributed by atoms with E-state index in [2.05, 4.69) is 9.64 Å². The highest BCUT2D eigenvalue weighted by Crippen LogP contribution is 2.07. The fraction of sp³-hybridized carbons (Fsp3) is 0.857. The second-order valence-electron chi connectivity index (χ2n) is 5.01. The molecule has 0 aromatic heterocycles. The van der Waals surface area contributed by atoms with E-state index in [1.807, 2.05) is 0 Å². The minimum absolute atomic E-state index is 0.0725. The van der Waals surface area contributed by atoms with E-state index in [9.17, 15) is 9.59 Å². The molecule has 1 heterocycles. The van der Waals surface area contributed by atoms with Crippen molar-refractivity contribution in [2.75, 3.05) is 46.6 Å². The summed E-state index contributed by atoms with van der Waals surface area (Å²) in [6, 6.07) is 0. The van der Waals surface area contributed by atoms with Gasteiger partial charge in [-0.3, -0.25) is 14.5 Å². The Hall–Kier alpha value is -1.14. The molecule has 116 valence electrons. The van der Waals surface area contributed by atoms with Crippen LogP contribution in [-0.2, 0) is 23.8 Å². The molecule has 0 aliphatic carbocycles. The molecule has 1 fully saturated rings. The fourth-order valence-electron chi connectivity index (χ4n) is 1.99. The van der Waals surface area contributed by atoms with Crippen LogP contribution in [0.3, 0.4) is 0 Å². The number of rotatable bonds is 8. The molecule has 1 atom stereocenters. The van der Waals surface area contributed by atoms with Crippen molar-refractivity contribution in [3.8, 4) is 0 Å². The van der Waals surface area contributed by atoms with Crippen molar-refractivity contribution in [3.63, 3.8) is 0 Å². The summed E-state index contributed by atoms with van der Waals surface area (Å²) in [6.45, 7) is 6.67. The lowest BCUT2D eigenvalue weighted by Crippen LogP contribution is -2.36. The number of methoxy groups -OCH3 is 1. The maximum Gasteiger partial charge on any atom is 0.309 e. The number of ether oxygens (including phenoxy) is 3. The second-order valence-corrected chi connectivity index (χ2v) is 5.01. The molecule has 6 nitrogen and oxygen atoms in total. The fourth-order valence-corrected chi connectivity index (χ4v) is 1.99. The predicted molar refractivity (Wildman–Crippen MR) is 73.2 cm³/mol. The first-order valence-electron chi connectivity index (χ1n) is 7.17. The maximum atomic E-state index is 11.6. The minimum atomic E-state index is -0.443. The SMILES string of the molecule is COC(=O)CC(C)C(=O)OCCCCN1CCOCC1. The first-order valence-corrected chi connectivity index (χ1v) is 7.17. The smallest absolute Gasteiger partial charge is 0.309 e. The molecule has 0 amide bonds. The zero-order valence-corrected chi connectivity index (χ0v) is 12.4. The first kappa shape index (κ1) is 16.9. The normalized spacial score (nSPS) is 17.5. The number of esters is 2. The molecular formula is C14H25NO5. The molecule has 20 heavy (non-hydrogen) atoms. The van der Waals surface area contributed by atoms with Crippen LogP contribution >= 0.6 is 0 Å². The summed E-state index contributed by atoms with van der Waals surface area (Å²) in [4.78, 5) is 25.0. The van der Waals surface area contributed by atoms with Gasteiger partial charge in [-0.25, -0.2) is 0 Å². The van der Waals surface area contributed by atoms with E-state index in [1.54, 1.807) is 6.92 Å². The van der Waals surface area contributed by atoms with Gasteiger partial charge in [0.2, 0.25) is 0 Å². The average Bonchev–Trinajstić information content (AvgIpc) is 2.47. The Morgan fingerprint density at radius 3 is 2.60 bits per heavy atom. The highest BCUT2D eigenvalue weighted by molar-refractivity contribution is 5.79. The molecule has 6 heteroatoms. The summed E-state index contributed by atoms with van der Waals surface area (Å²) in [6.07, 6.45) is 1.91. The molecule has 1 aliphatic rings. The van der Waals surface area contributed by atoms with Crippen molar-refractivity contribution in [1.82, 2.24) is 4.90 Å². The minimum Gasteiger partial charge on any atom is -0.469 e. The first-order chi connectivity index (χ1) is 9.63. The summed E-state index contributed by atoms with van der Waals surface area (Å²) < 4.78 is 14.9. The number of unbranched alkanes of at least 4 members (excludes halogenated alkanes) is 1. The van der Waals surface area contributed by atoms with E-state index in [0.29, 0.717) is 6.61 Å². The summed E-state index contributed by atoms with van der Waals surface area (Å²) in [5.74, 6) is -1.16. The van der Waals surface area contributed by atoms with Crippen LogP contribution in [0.1, 0.15) is 26.2 Å². The molecule has 1 rings (SSSR count). The predicted octanol–water partition coefficient (Wildman–Crippen LogP) is 0.841. The Bertz CT molecular complexity index is 302. The zero-order chi connectivity index (χ0) is 14.8. The van der Waals surface area contributed by atoms with E-state index >= 15 is 0 Å².